The number of fused-ring (bicyclic) bond motifs is 1. The molecule has 0 spiro atoms. The molecule has 2 rings (SSSR count). The molecule has 18 heavy (non-hydrogen) atoms. The maximum Gasteiger partial charge on any atom is 0.277 e. The number of aromatic nitrogens is 1. The minimum Gasteiger partial charge on any atom is -0.394 e. The molecule has 0 bridgehead atoms. The zero-order valence-electron chi connectivity index (χ0n) is 10.5. The lowest BCUT2D eigenvalue weighted by Crippen LogP contribution is -2.48. The summed E-state index contributed by atoms with van der Waals surface area (Å²) >= 11 is 1.36. The van der Waals surface area contributed by atoms with E-state index in [0.29, 0.717) is 5.01 Å². The highest BCUT2D eigenvalue weighted by molar-refractivity contribution is 7.13. The molecule has 5 nitrogen and oxygen atoms in total. The van der Waals surface area contributed by atoms with E-state index in [4.69, 9.17) is 5.73 Å². The Kier molecular flexibility index (Phi) is 4.72. The highest BCUT2D eigenvalue weighted by atomic mass is 35.5. The molecular weight excluding hydrogens is 274 g/mol. The number of hydrogen-bond acceptors (Lipinski definition) is 5. The lowest BCUT2D eigenvalue weighted by atomic mass is 10.0. The minimum atomic E-state index is -0.461. The molecule has 0 saturated carbocycles. The van der Waals surface area contributed by atoms with Gasteiger partial charge in [0.15, 0.2) is 5.01 Å². The van der Waals surface area contributed by atoms with E-state index in [1.54, 1.807) is 0 Å². The number of nitrogens with zero attached hydrogens (tertiary/aromatic N) is 2. The van der Waals surface area contributed by atoms with Crippen LogP contribution in [0.2, 0.25) is 0 Å². The molecule has 1 aliphatic heterocycles. The van der Waals surface area contributed by atoms with Gasteiger partial charge < -0.3 is 10.8 Å². The predicted octanol–water partition coefficient (Wildman–Crippen LogP) is 0.793. The molecule has 7 heteroatoms. The van der Waals surface area contributed by atoms with Crippen LogP contribution in [0.25, 0.3) is 0 Å². The second kappa shape index (κ2) is 5.52. The van der Waals surface area contributed by atoms with Crippen molar-refractivity contribution in [2.75, 3.05) is 13.2 Å². The van der Waals surface area contributed by atoms with Crippen molar-refractivity contribution < 1.29 is 9.90 Å². The highest BCUT2D eigenvalue weighted by Gasteiger charge is 2.31. The van der Waals surface area contributed by atoms with E-state index < -0.39 is 5.91 Å². The Labute approximate surface area is 116 Å². The van der Waals surface area contributed by atoms with E-state index in [1.807, 2.05) is 13.8 Å². The number of primary amides is 1. The summed E-state index contributed by atoms with van der Waals surface area (Å²) in [6.07, 6.45) is 0.808. The summed E-state index contributed by atoms with van der Waals surface area (Å²) in [5.41, 5.74) is 5.97. The van der Waals surface area contributed by atoms with Gasteiger partial charge in [0, 0.05) is 29.9 Å². The predicted molar refractivity (Wildman–Crippen MR) is 73.2 cm³/mol. The van der Waals surface area contributed by atoms with Crippen molar-refractivity contribution in [1.29, 1.82) is 0 Å². The lowest BCUT2D eigenvalue weighted by molar-refractivity contribution is 0.0471. The smallest absolute Gasteiger partial charge is 0.277 e. The molecule has 2 heterocycles. The Morgan fingerprint density at radius 3 is 2.83 bits per heavy atom. The number of halogens is 1. The van der Waals surface area contributed by atoms with Crippen molar-refractivity contribution in [2.24, 2.45) is 5.73 Å². The van der Waals surface area contributed by atoms with Crippen molar-refractivity contribution in [3.8, 4) is 0 Å². The van der Waals surface area contributed by atoms with Crippen LogP contribution in [0, 0.1) is 0 Å². The fraction of sp³-hybridized carbons (Fsp3) is 0.636. The van der Waals surface area contributed by atoms with Crippen LogP contribution in [0.15, 0.2) is 0 Å². The van der Waals surface area contributed by atoms with Crippen LogP contribution in [0.4, 0.5) is 0 Å². The molecule has 0 unspecified atom stereocenters. The number of carbonyl (C=O) groups excluding carboxylic acids is 1. The van der Waals surface area contributed by atoms with E-state index in [0.717, 1.165) is 30.1 Å². The Hall–Kier alpha value is -0.690. The molecule has 0 saturated heterocycles. The summed E-state index contributed by atoms with van der Waals surface area (Å²) in [7, 11) is 0. The maximum atomic E-state index is 11.1. The van der Waals surface area contributed by atoms with E-state index >= 15 is 0 Å². The molecule has 0 fully saturated rings. The van der Waals surface area contributed by atoms with E-state index in [-0.39, 0.29) is 24.6 Å². The van der Waals surface area contributed by atoms with Gasteiger partial charge in [0.1, 0.15) is 0 Å². The zero-order chi connectivity index (χ0) is 12.6. The van der Waals surface area contributed by atoms with Crippen LogP contribution in [0.5, 0.6) is 0 Å². The summed E-state index contributed by atoms with van der Waals surface area (Å²) in [5, 5.41) is 9.75. The average molecular weight is 292 g/mol. The van der Waals surface area contributed by atoms with E-state index in [2.05, 4.69) is 9.88 Å². The molecule has 0 atom stereocenters. The molecule has 1 aromatic rings. The topological polar surface area (TPSA) is 79.4 Å². The quantitative estimate of drug-likeness (QED) is 0.863. The first-order valence-electron chi connectivity index (χ1n) is 5.58. The monoisotopic (exact) mass is 291 g/mol. The first kappa shape index (κ1) is 15.4. The van der Waals surface area contributed by atoms with Gasteiger partial charge in [0.05, 0.1) is 12.3 Å². The maximum absolute atomic E-state index is 11.1. The number of aliphatic hydroxyl groups excluding tert-OH is 1. The van der Waals surface area contributed by atoms with Crippen LogP contribution < -0.4 is 5.73 Å². The molecule has 1 aromatic heterocycles. The van der Waals surface area contributed by atoms with Gasteiger partial charge in [-0.1, -0.05) is 0 Å². The van der Waals surface area contributed by atoms with Gasteiger partial charge in [0.2, 0.25) is 0 Å². The second-order valence-corrected chi connectivity index (χ2v) is 5.98. The fourth-order valence-electron chi connectivity index (χ4n) is 1.92. The number of thiazole rings is 1. The molecule has 1 aliphatic rings. The third kappa shape index (κ3) is 2.83. The Bertz CT molecular complexity index is 447. The number of amides is 1. The largest absolute Gasteiger partial charge is 0.394 e. The Balaban J connectivity index is 0.00000162. The van der Waals surface area contributed by atoms with Crippen LogP contribution in [0.1, 0.15) is 34.2 Å². The number of aliphatic hydroxyl groups is 1. The number of nitrogens with two attached hydrogens (primary N) is 1. The van der Waals surface area contributed by atoms with Crippen LogP contribution in [-0.2, 0) is 13.0 Å². The van der Waals surface area contributed by atoms with Crippen molar-refractivity contribution in [2.45, 2.75) is 32.4 Å². The number of carbonyl (C=O) groups is 1. The molecule has 1 amide bonds. The van der Waals surface area contributed by atoms with Crippen LogP contribution in [0.3, 0.4) is 0 Å². The average Bonchev–Trinajstić information content (AvgIpc) is 2.71. The van der Waals surface area contributed by atoms with E-state index in [1.165, 1.54) is 11.3 Å². The van der Waals surface area contributed by atoms with Gasteiger partial charge in [0.25, 0.3) is 5.91 Å². The first-order chi connectivity index (χ1) is 7.94. The first-order valence-corrected chi connectivity index (χ1v) is 6.40. The van der Waals surface area contributed by atoms with Gasteiger partial charge in [-0.2, -0.15) is 0 Å². The second-order valence-electron chi connectivity index (χ2n) is 4.90. The zero-order valence-corrected chi connectivity index (χ0v) is 12.1. The lowest BCUT2D eigenvalue weighted by Gasteiger charge is -2.39. The SMILES string of the molecule is CC(C)(CO)N1CCc2nc(C(N)=O)sc2C1.Cl. The minimum absolute atomic E-state index is 0. The Morgan fingerprint density at radius 1 is 1.61 bits per heavy atom. The summed E-state index contributed by atoms with van der Waals surface area (Å²) in [6, 6.07) is 0. The van der Waals surface area contributed by atoms with Crippen LogP contribution in [-0.4, -0.2) is 39.6 Å². The summed E-state index contributed by atoms with van der Waals surface area (Å²) < 4.78 is 0. The van der Waals surface area contributed by atoms with Crippen molar-refractivity contribution in [3.05, 3.63) is 15.6 Å². The van der Waals surface area contributed by atoms with Crippen molar-refractivity contribution in [1.82, 2.24) is 9.88 Å². The number of rotatable bonds is 3. The van der Waals surface area contributed by atoms with E-state index in [9.17, 15) is 9.90 Å². The summed E-state index contributed by atoms with van der Waals surface area (Å²) in [5.74, 6) is -0.461. The van der Waals surface area contributed by atoms with Gasteiger partial charge in [-0.05, 0) is 13.8 Å². The molecule has 0 radical (unpaired) electrons. The molecule has 0 aromatic carbocycles. The molecule has 102 valence electrons. The number of hydrogen-bond donors (Lipinski definition) is 2. The van der Waals surface area contributed by atoms with Crippen molar-refractivity contribution >= 4 is 29.7 Å². The third-order valence-corrected chi connectivity index (χ3v) is 4.28. The molecule has 3 N–H and O–H groups in total. The molecule has 0 aliphatic carbocycles. The molecular formula is C11H18ClN3O2S. The summed E-state index contributed by atoms with van der Waals surface area (Å²) in [4.78, 5) is 18.6. The normalized spacial score (nSPS) is 15.9. The standard InChI is InChI=1S/C11H17N3O2S.ClH/c1-11(2,6-15)14-4-3-7-8(5-14)17-10(13-7)9(12)16;/h15H,3-6H2,1-2H3,(H2,12,16);1H. The van der Waals surface area contributed by atoms with Gasteiger partial charge in [-0.15, -0.1) is 23.7 Å². The van der Waals surface area contributed by atoms with Gasteiger partial charge >= 0.3 is 0 Å². The highest BCUT2D eigenvalue weighted by Crippen LogP contribution is 2.28. The summed E-state index contributed by atoms with van der Waals surface area (Å²) in [6.45, 7) is 5.71. The van der Waals surface area contributed by atoms with Crippen LogP contribution >= 0.6 is 23.7 Å². The fourth-order valence-corrected chi connectivity index (χ4v) is 2.89. The van der Waals surface area contributed by atoms with Crippen molar-refractivity contribution in [3.63, 3.8) is 0 Å². The Morgan fingerprint density at radius 2 is 2.28 bits per heavy atom. The van der Waals surface area contributed by atoms with Gasteiger partial charge in [-0.25, -0.2) is 4.98 Å². The van der Waals surface area contributed by atoms with Gasteiger partial charge in [-0.3, -0.25) is 9.69 Å². The third-order valence-electron chi connectivity index (χ3n) is 3.19.